The average molecular weight is 444 g/mol. The number of hydrogen-bond acceptors (Lipinski definition) is 8. The largest absolute Gasteiger partial charge is 0.381 e. The number of rotatable bonds is 5. The third-order valence-corrected chi connectivity index (χ3v) is 7.02. The van der Waals surface area contributed by atoms with E-state index in [2.05, 4.69) is 19.9 Å². The number of fused-ring (bicyclic) bond motifs is 1. The first-order chi connectivity index (χ1) is 15.2. The Balaban J connectivity index is 1.44. The van der Waals surface area contributed by atoms with Crippen molar-refractivity contribution in [2.24, 2.45) is 5.92 Å². The van der Waals surface area contributed by atoms with E-state index in [0.29, 0.717) is 37.9 Å². The van der Waals surface area contributed by atoms with Gasteiger partial charge >= 0.3 is 0 Å². The van der Waals surface area contributed by atoms with Gasteiger partial charge in [-0.1, -0.05) is 0 Å². The molecule has 2 unspecified atom stereocenters. The summed E-state index contributed by atoms with van der Waals surface area (Å²) in [7, 11) is 1.78. The van der Waals surface area contributed by atoms with Crippen LogP contribution in [0.25, 0.3) is 10.9 Å². The Morgan fingerprint density at radius 3 is 2.81 bits per heavy atom. The lowest BCUT2D eigenvalue weighted by molar-refractivity contribution is 0.0376. The minimum absolute atomic E-state index is 0.179. The standard InChI is InChI=1S/C22H26FN5O2S/c1-29-20-2-4-28(13-15(20)10-21-24-3-9-31-21)22-16-11-17(23)19(12-18(16)25-14-26-22)27-5-7-30-8-6-27/h3,9,11-12,14-15,20H,2,4-8,10,13H2,1H3. The van der Waals surface area contributed by atoms with Crippen LogP contribution in [-0.2, 0) is 15.9 Å². The third-order valence-electron chi connectivity index (χ3n) is 6.22. The number of methoxy groups -OCH3 is 1. The summed E-state index contributed by atoms with van der Waals surface area (Å²) in [4.78, 5) is 17.7. The summed E-state index contributed by atoms with van der Waals surface area (Å²) < 4.78 is 26.3. The molecule has 7 nitrogen and oxygen atoms in total. The fourth-order valence-corrected chi connectivity index (χ4v) is 5.35. The monoisotopic (exact) mass is 443 g/mol. The predicted octanol–water partition coefficient (Wildman–Crippen LogP) is 3.15. The van der Waals surface area contributed by atoms with Crippen molar-refractivity contribution in [1.29, 1.82) is 0 Å². The molecule has 9 heteroatoms. The quantitative estimate of drug-likeness (QED) is 0.600. The minimum atomic E-state index is -0.239. The van der Waals surface area contributed by atoms with Gasteiger partial charge in [0.15, 0.2) is 0 Å². The van der Waals surface area contributed by atoms with Gasteiger partial charge in [-0.05, 0) is 18.6 Å². The molecule has 0 N–H and O–H groups in total. The predicted molar refractivity (Wildman–Crippen MR) is 119 cm³/mol. The fourth-order valence-electron chi connectivity index (χ4n) is 4.64. The van der Waals surface area contributed by atoms with E-state index in [1.165, 1.54) is 0 Å². The Hall–Kier alpha value is -2.36. The molecule has 2 fully saturated rings. The molecule has 3 aromatic rings. The normalized spacial score (nSPS) is 22.3. The van der Waals surface area contributed by atoms with Crippen LogP contribution in [0.5, 0.6) is 0 Å². The zero-order chi connectivity index (χ0) is 21.2. The van der Waals surface area contributed by atoms with Crippen molar-refractivity contribution in [3.8, 4) is 0 Å². The molecule has 2 aliphatic rings. The molecule has 2 atom stereocenters. The van der Waals surface area contributed by atoms with E-state index in [9.17, 15) is 0 Å². The van der Waals surface area contributed by atoms with Crippen LogP contribution in [0.15, 0.2) is 30.0 Å². The van der Waals surface area contributed by atoms with Gasteiger partial charge in [0.1, 0.15) is 18.0 Å². The number of halogens is 1. The topological polar surface area (TPSA) is 63.6 Å². The number of thiazole rings is 1. The van der Waals surface area contributed by atoms with E-state index < -0.39 is 0 Å². The summed E-state index contributed by atoms with van der Waals surface area (Å²) in [6.45, 7) is 4.19. The number of benzene rings is 1. The number of aromatic nitrogens is 3. The number of anilines is 2. The molecule has 2 saturated heterocycles. The van der Waals surface area contributed by atoms with Crippen molar-refractivity contribution in [3.05, 3.63) is 40.9 Å². The van der Waals surface area contributed by atoms with Crippen molar-refractivity contribution in [1.82, 2.24) is 15.0 Å². The van der Waals surface area contributed by atoms with E-state index in [1.54, 1.807) is 30.8 Å². The molecule has 2 aliphatic heterocycles. The Morgan fingerprint density at radius 1 is 1.16 bits per heavy atom. The van der Waals surface area contributed by atoms with E-state index in [-0.39, 0.29) is 11.9 Å². The molecule has 31 heavy (non-hydrogen) atoms. The molecular formula is C22H26FN5O2S. The second-order valence-electron chi connectivity index (χ2n) is 8.02. The Kier molecular flexibility index (Phi) is 5.97. The molecule has 0 aliphatic carbocycles. The zero-order valence-electron chi connectivity index (χ0n) is 17.5. The second kappa shape index (κ2) is 9.02. The maximum atomic E-state index is 15.1. The summed E-state index contributed by atoms with van der Waals surface area (Å²) >= 11 is 1.67. The summed E-state index contributed by atoms with van der Waals surface area (Å²) in [6, 6.07) is 3.43. The number of morpholine rings is 1. The molecule has 2 aromatic heterocycles. The summed E-state index contributed by atoms with van der Waals surface area (Å²) in [5.41, 5.74) is 1.35. The SMILES string of the molecule is COC1CCN(c2ncnc3cc(N4CCOCC4)c(F)cc23)CC1Cc1nccs1. The number of hydrogen-bond donors (Lipinski definition) is 0. The smallest absolute Gasteiger partial charge is 0.147 e. The lowest BCUT2D eigenvalue weighted by Gasteiger charge is -2.38. The molecule has 0 bridgehead atoms. The van der Waals surface area contributed by atoms with Crippen LogP contribution < -0.4 is 9.80 Å². The minimum Gasteiger partial charge on any atom is -0.381 e. The van der Waals surface area contributed by atoms with Crippen molar-refractivity contribution in [3.63, 3.8) is 0 Å². The maximum absolute atomic E-state index is 15.1. The Labute approximate surface area is 184 Å². The average Bonchev–Trinajstić information content (AvgIpc) is 3.32. The lowest BCUT2D eigenvalue weighted by Crippen LogP contribution is -2.45. The molecule has 164 valence electrons. The number of piperidine rings is 1. The second-order valence-corrected chi connectivity index (χ2v) is 9.00. The van der Waals surface area contributed by atoms with Crippen LogP contribution in [0, 0.1) is 11.7 Å². The van der Waals surface area contributed by atoms with Gasteiger partial charge in [0.25, 0.3) is 0 Å². The lowest BCUT2D eigenvalue weighted by atomic mass is 9.91. The van der Waals surface area contributed by atoms with Crippen LogP contribution >= 0.6 is 11.3 Å². The highest BCUT2D eigenvalue weighted by Gasteiger charge is 2.31. The van der Waals surface area contributed by atoms with Gasteiger partial charge in [0.05, 0.1) is 35.5 Å². The van der Waals surface area contributed by atoms with Gasteiger partial charge in [-0.15, -0.1) is 11.3 Å². The van der Waals surface area contributed by atoms with Crippen molar-refractivity contribution >= 4 is 33.7 Å². The number of nitrogens with zero attached hydrogens (tertiary/aromatic N) is 5. The van der Waals surface area contributed by atoms with Crippen molar-refractivity contribution < 1.29 is 13.9 Å². The van der Waals surface area contributed by atoms with Gasteiger partial charge in [-0.2, -0.15) is 0 Å². The highest BCUT2D eigenvalue weighted by Crippen LogP contribution is 2.33. The molecule has 5 rings (SSSR count). The van der Waals surface area contributed by atoms with E-state index in [4.69, 9.17) is 9.47 Å². The van der Waals surface area contributed by atoms with Crippen LogP contribution in [-0.4, -0.2) is 67.6 Å². The van der Waals surface area contributed by atoms with E-state index >= 15 is 4.39 Å². The van der Waals surface area contributed by atoms with Crippen LogP contribution in [0.4, 0.5) is 15.9 Å². The first kappa shape index (κ1) is 20.5. The van der Waals surface area contributed by atoms with Gasteiger partial charge in [0.2, 0.25) is 0 Å². The molecule has 0 radical (unpaired) electrons. The molecule has 0 saturated carbocycles. The first-order valence-corrected chi connectivity index (χ1v) is 11.5. The van der Waals surface area contributed by atoms with Gasteiger partial charge in [0, 0.05) is 62.6 Å². The molecular weight excluding hydrogens is 417 g/mol. The van der Waals surface area contributed by atoms with E-state index in [0.717, 1.165) is 47.7 Å². The van der Waals surface area contributed by atoms with Crippen LogP contribution in [0.2, 0.25) is 0 Å². The highest BCUT2D eigenvalue weighted by molar-refractivity contribution is 7.09. The third kappa shape index (κ3) is 4.22. The fraction of sp³-hybridized carbons (Fsp3) is 0.500. The summed E-state index contributed by atoms with van der Waals surface area (Å²) in [6.07, 6.45) is 5.36. The molecule has 4 heterocycles. The van der Waals surface area contributed by atoms with Gasteiger partial charge < -0.3 is 19.3 Å². The van der Waals surface area contributed by atoms with Crippen LogP contribution in [0.1, 0.15) is 11.4 Å². The van der Waals surface area contributed by atoms with Crippen molar-refractivity contribution in [2.75, 3.05) is 56.3 Å². The van der Waals surface area contributed by atoms with E-state index in [1.807, 2.05) is 22.5 Å². The Morgan fingerprint density at radius 2 is 2.03 bits per heavy atom. The zero-order valence-corrected chi connectivity index (χ0v) is 18.4. The Bertz CT molecular complexity index is 1030. The first-order valence-electron chi connectivity index (χ1n) is 10.7. The summed E-state index contributed by atoms with van der Waals surface area (Å²) in [5, 5.41) is 3.87. The molecule has 0 spiro atoms. The number of ether oxygens (including phenoxy) is 2. The van der Waals surface area contributed by atoms with Gasteiger partial charge in [-0.25, -0.2) is 19.3 Å². The molecule has 0 amide bonds. The maximum Gasteiger partial charge on any atom is 0.147 e. The van der Waals surface area contributed by atoms with Crippen molar-refractivity contribution in [2.45, 2.75) is 18.9 Å². The van der Waals surface area contributed by atoms with Gasteiger partial charge in [-0.3, -0.25) is 0 Å². The molecule has 1 aromatic carbocycles. The van der Waals surface area contributed by atoms with Crippen LogP contribution in [0.3, 0.4) is 0 Å². The summed E-state index contributed by atoms with van der Waals surface area (Å²) in [5.74, 6) is 0.847. The highest BCUT2D eigenvalue weighted by atomic mass is 32.1.